The lowest BCUT2D eigenvalue weighted by atomic mass is 10.1. The molecule has 0 bridgehead atoms. The van der Waals surface area contributed by atoms with Crippen LogP contribution in [0.1, 0.15) is 15.9 Å². The van der Waals surface area contributed by atoms with E-state index < -0.39 is 0 Å². The summed E-state index contributed by atoms with van der Waals surface area (Å²) in [6.45, 7) is 4.38. The molecule has 0 saturated carbocycles. The molecule has 32 heavy (non-hydrogen) atoms. The second kappa shape index (κ2) is 9.51. The predicted molar refractivity (Wildman–Crippen MR) is 129 cm³/mol. The molecule has 2 heterocycles. The number of carbonyl (C=O) groups excluding carboxylic acids is 1. The van der Waals surface area contributed by atoms with Crippen LogP contribution in [-0.2, 0) is 6.42 Å². The molecule has 6 heteroatoms. The smallest absolute Gasteiger partial charge is 0.279 e. The molecule has 1 amide bonds. The Hall–Kier alpha value is -3.22. The maximum Gasteiger partial charge on any atom is 0.279 e. The zero-order valence-corrected chi connectivity index (χ0v) is 18.6. The average Bonchev–Trinajstić information content (AvgIpc) is 3.26. The summed E-state index contributed by atoms with van der Waals surface area (Å²) in [5, 5.41) is 0.668. The number of rotatable bonds is 6. The number of fused-ring (bicyclic) bond motifs is 1. The quantitative estimate of drug-likeness (QED) is 0.416. The third kappa shape index (κ3) is 4.82. The number of hydrogen-bond donors (Lipinski definition) is 0. The highest BCUT2D eigenvalue weighted by Gasteiger charge is 2.21. The van der Waals surface area contributed by atoms with Gasteiger partial charge < -0.3 is 9.64 Å². The van der Waals surface area contributed by atoms with Gasteiger partial charge in [0, 0.05) is 38.3 Å². The Labute approximate surface area is 191 Å². The Kier molecular flexibility index (Phi) is 6.14. The van der Waals surface area contributed by atoms with E-state index >= 15 is 0 Å². The number of thiazole rings is 1. The van der Waals surface area contributed by atoms with E-state index in [-0.39, 0.29) is 5.91 Å². The number of piperazine rings is 1. The normalized spacial score (nSPS) is 14.6. The molecule has 162 valence electrons. The molecule has 0 N–H and O–H groups in total. The van der Waals surface area contributed by atoms with Gasteiger partial charge >= 0.3 is 0 Å². The minimum Gasteiger partial charge on any atom is -0.431 e. The topological polar surface area (TPSA) is 45.7 Å². The van der Waals surface area contributed by atoms with E-state index in [4.69, 9.17) is 4.74 Å². The molecule has 0 aliphatic carbocycles. The number of benzene rings is 3. The van der Waals surface area contributed by atoms with Crippen molar-refractivity contribution in [1.29, 1.82) is 0 Å². The van der Waals surface area contributed by atoms with Crippen molar-refractivity contribution in [3.05, 3.63) is 90.0 Å². The van der Waals surface area contributed by atoms with Crippen molar-refractivity contribution in [1.82, 2.24) is 14.8 Å². The van der Waals surface area contributed by atoms with E-state index in [0.29, 0.717) is 5.19 Å². The van der Waals surface area contributed by atoms with Gasteiger partial charge in [-0.25, -0.2) is 4.98 Å². The number of nitrogens with zero attached hydrogens (tertiary/aromatic N) is 3. The van der Waals surface area contributed by atoms with Crippen LogP contribution in [0.2, 0.25) is 0 Å². The first-order chi connectivity index (χ1) is 15.7. The summed E-state index contributed by atoms with van der Waals surface area (Å²) in [6, 6.07) is 25.9. The summed E-state index contributed by atoms with van der Waals surface area (Å²) in [5.41, 5.74) is 3.02. The van der Waals surface area contributed by atoms with Crippen LogP contribution in [0.4, 0.5) is 0 Å². The highest BCUT2D eigenvalue weighted by Crippen LogP contribution is 2.31. The van der Waals surface area contributed by atoms with E-state index in [1.54, 1.807) is 11.3 Å². The Morgan fingerprint density at radius 3 is 2.34 bits per heavy atom. The van der Waals surface area contributed by atoms with Gasteiger partial charge in [-0.3, -0.25) is 9.69 Å². The molecule has 1 aliphatic heterocycles. The molecule has 1 saturated heterocycles. The molecule has 5 rings (SSSR count). The largest absolute Gasteiger partial charge is 0.431 e. The zero-order valence-electron chi connectivity index (χ0n) is 17.8. The Morgan fingerprint density at radius 1 is 0.875 bits per heavy atom. The first-order valence-corrected chi connectivity index (χ1v) is 11.8. The fourth-order valence-corrected chi connectivity index (χ4v) is 4.78. The standard InChI is InChI=1S/C26H25N3O2S/c30-25(21-6-2-1-3-7-21)29-18-16-28(17-19-29)15-14-20-10-12-22(13-11-20)31-26-27-23-8-4-5-9-24(23)32-26/h1-13H,14-19H2. The maximum absolute atomic E-state index is 12.6. The summed E-state index contributed by atoms with van der Waals surface area (Å²) in [4.78, 5) is 21.5. The van der Waals surface area contributed by atoms with Gasteiger partial charge in [0.15, 0.2) is 0 Å². The van der Waals surface area contributed by atoms with Gasteiger partial charge in [0.05, 0.1) is 10.2 Å². The third-order valence-electron chi connectivity index (χ3n) is 5.80. The summed E-state index contributed by atoms with van der Waals surface area (Å²) >= 11 is 1.56. The summed E-state index contributed by atoms with van der Waals surface area (Å²) in [6.07, 6.45) is 0.980. The lowest BCUT2D eigenvalue weighted by Gasteiger charge is -2.34. The summed E-state index contributed by atoms with van der Waals surface area (Å²) in [5.74, 6) is 0.940. The van der Waals surface area contributed by atoms with Gasteiger partial charge in [0.1, 0.15) is 5.75 Å². The molecule has 0 spiro atoms. The molecule has 1 fully saturated rings. The molecule has 1 aromatic heterocycles. The SMILES string of the molecule is O=C(c1ccccc1)N1CCN(CCc2ccc(Oc3nc4ccccc4s3)cc2)CC1. The molecule has 0 atom stereocenters. The molecule has 3 aromatic carbocycles. The monoisotopic (exact) mass is 443 g/mol. The van der Waals surface area contributed by atoms with Crippen LogP contribution < -0.4 is 4.74 Å². The van der Waals surface area contributed by atoms with Crippen LogP contribution in [0.15, 0.2) is 78.9 Å². The van der Waals surface area contributed by atoms with Crippen LogP contribution in [0.5, 0.6) is 10.9 Å². The molecule has 0 radical (unpaired) electrons. The molecule has 4 aromatic rings. The van der Waals surface area contributed by atoms with Gasteiger partial charge in [-0.05, 0) is 48.4 Å². The maximum atomic E-state index is 12.6. The second-order valence-corrected chi connectivity index (χ2v) is 8.94. The zero-order chi connectivity index (χ0) is 21.8. The highest BCUT2D eigenvalue weighted by molar-refractivity contribution is 7.20. The van der Waals surface area contributed by atoms with E-state index in [2.05, 4.69) is 28.1 Å². The van der Waals surface area contributed by atoms with Crippen molar-refractivity contribution < 1.29 is 9.53 Å². The molecular formula is C26H25N3O2S. The minimum atomic E-state index is 0.133. The summed E-state index contributed by atoms with van der Waals surface area (Å²) in [7, 11) is 0. The summed E-state index contributed by atoms with van der Waals surface area (Å²) < 4.78 is 7.07. The van der Waals surface area contributed by atoms with Crippen LogP contribution in [0.3, 0.4) is 0 Å². The molecule has 1 aliphatic rings. The third-order valence-corrected chi connectivity index (χ3v) is 6.71. The van der Waals surface area contributed by atoms with Crippen molar-refractivity contribution in [3.63, 3.8) is 0 Å². The van der Waals surface area contributed by atoms with Crippen molar-refractivity contribution in [2.75, 3.05) is 32.7 Å². The fourth-order valence-electron chi connectivity index (χ4n) is 3.94. The van der Waals surface area contributed by atoms with Crippen LogP contribution in [0, 0.1) is 0 Å². The number of carbonyl (C=O) groups is 1. The van der Waals surface area contributed by atoms with Gasteiger partial charge in [0.2, 0.25) is 0 Å². The Bertz CT molecular complexity index is 1150. The average molecular weight is 444 g/mol. The van der Waals surface area contributed by atoms with Crippen LogP contribution in [-0.4, -0.2) is 53.4 Å². The van der Waals surface area contributed by atoms with E-state index in [1.807, 2.05) is 65.6 Å². The molecular weight excluding hydrogens is 418 g/mol. The lowest BCUT2D eigenvalue weighted by Crippen LogP contribution is -2.49. The Balaban J connectivity index is 1.10. The lowest BCUT2D eigenvalue weighted by molar-refractivity contribution is 0.0638. The minimum absolute atomic E-state index is 0.133. The number of ether oxygens (including phenoxy) is 1. The molecule has 5 nitrogen and oxygen atoms in total. The first kappa shape index (κ1) is 20.7. The molecule has 0 unspecified atom stereocenters. The van der Waals surface area contributed by atoms with Crippen molar-refractivity contribution in [2.24, 2.45) is 0 Å². The van der Waals surface area contributed by atoms with Crippen molar-refractivity contribution in [2.45, 2.75) is 6.42 Å². The fraction of sp³-hybridized carbons (Fsp3) is 0.231. The van der Waals surface area contributed by atoms with Gasteiger partial charge in [-0.2, -0.15) is 0 Å². The van der Waals surface area contributed by atoms with E-state index in [1.165, 1.54) is 5.56 Å². The van der Waals surface area contributed by atoms with E-state index in [9.17, 15) is 4.79 Å². The van der Waals surface area contributed by atoms with Gasteiger partial charge in [-0.15, -0.1) is 0 Å². The van der Waals surface area contributed by atoms with Gasteiger partial charge in [0.25, 0.3) is 11.1 Å². The van der Waals surface area contributed by atoms with Crippen LogP contribution >= 0.6 is 11.3 Å². The first-order valence-electron chi connectivity index (χ1n) is 10.9. The number of hydrogen-bond acceptors (Lipinski definition) is 5. The number of aromatic nitrogens is 1. The number of para-hydroxylation sites is 1. The highest BCUT2D eigenvalue weighted by atomic mass is 32.1. The van der Waals surface area contributed by atoms with Crippen molar-refractivity contribution >= 4 is 27.5 Å². The number of amides is 1. The predicted octanol–water partition coefficient (Wildman–Crippen LogP) is 5.09. The van der Waals surface area contributed by atoms with Crippen LogP contribution in [0.25, 0.3) is 10.2 Å². The second-order valence-electron chi connectivity index (χ2n) is 7.94. The van der Waals surface area contributed by atoms with Crippen molar-refractivity contribution in [3.8, 4) is 10.9 Å². The Morgan fingerprint density at radius 2 is 1.59 bits per heavy atom. The van der Waals surface area contributed by atoms with E-state index in [0.717, 1.165) is 60.7 Å². The van der Waals surface area contributed by atoms with Gasteiger partial charge in [-0.1, -0.05) is 53.8 Å².